The van der Waals surface area contributed by atoms with E-state index in [1.54, 1.807) is 0 Å². The Morgan fingerprint density at radius 1 is 1.25 bits per heavy atom. The van der Waals surface area contributed by atoms with Crippen LogP contribution in [-0.2, 0) is 0 Å². The molecule has 0 fully saturated rings. The average Bonchev–Trinajstić information content (AvgIpc) is 1.79. The first-order valence-electron chi connectivity index (χ1n) is 4.69. The monoisotopic (exact) mass is 164 g/mol. The molecule has 0 nitrogen and oxygen atoms in total. The van der Waals surface area contributed by atoms with Gasteiger partial charge in [0.2, 0.25) is 0 Å². The summed E-state index contributed by atoms with van der Waals surface area (Å²) in [7, 11) is 6.08. The van der Waals surface area contributed by atoms with Crippen LogP contribution in [0.5, 0.6) is 0 Å². The molecule has 0 spiro atoms. The minimum Gasteiger partial charge on any atom is -0.0827 e. The number of hydrogen-bond donors (Lipinski definition) is 0. The third kappa shape index (κ3) is 3.99. The Labute approximate surface area is 78.9 Å². The lowest BCUT2D eigenvalue weighted by atomic mass is 9.60. The SMILES string of the molecule is [B]C(C)(C)C(C=C(C)C)C(C)C. The van der Waals surface area contributed by atoms with Crippen molar-refractivity contribution in [1.29, 1.82) is 0 Å². The van der Waals surface area contributed by atoms with Gasteiger partial charge in [0, 0.05) is 0 Å². The lowest BCUT2D eigenvalue weighted by molar-refractivity contribution is 0.371. The van der Waals surface area contributed by atoms with Gasteiger partial charge >= 0.3 is 0 Å². The van der Waals surface area contributed by atoms with Crippen LogP contribution in [-0.4, -0.2) is 7.85 Å². The summed E-state index contributed by atoms with van der Waals surface area (Å²) in [6.07, 6.45) is 2.28. The van der Waals surface area contributed by atoms with E-state index in [4.69, 9.17) is 7.85 Å². The summed E-state index contributed by atoms with van der Waals surface area (Å²) in [6, 6.07) is 0. The van der Waals surface area contributed by atoms with Gasteiger partial charge < -0.3 is 0 Å². The van der Waals surface area contributed by atoms with Gasteiger partial charge in [-0.1, -0.05) is 44.7 Å². The fraction of sp³-hybridized carbons (Fsp3) is 0.818. The maximum absolute atomic E-state index is 6.08. The lowest BCUT2D eigenvalue weighted by Gasteiger charge is -2.32. The molecule has 0 bridgehead atoms. The highest BCUT2D eigenvalue weighted by molar-refractivity contribution is 6.14. The van der Waals surface area contributed by atoms with Gasteiger partial charge in [-0.3, -0.25) is 0 Å². The third-order valence-electron chi connectivity index (χ3n) is 2.09. The van der Waals surface area contributed by atoms with Crippen LogP contribution in [0.15, 0.2) is 11.6 Å². The zero-order valence-corrected chi connectivity index (χ0v) is 9.31. The van der Waals surface area contributed by atoms with E-state index in [0.29, 0.717) is 11.8 Å². The predicted octanol–water partition coefficient (Wildman–Crippen LogP) is 3.59. The summed E-state index contributed by atoms with van der Waals surface area (Å²) in [6.45, 7) is 12.9. The molecule has 0 aromatic carbocycles. The first kappa shape index (κ1) is 11.8. The Bertz CT molecular complexity index is 156. The lowest BCUT2D eigenvalue weighted by Crippen LogP contribution is -2.21. The van der Waals surface area contributed by atoms with Gasteiger partial charge in [0.05, 0.1) is 7.85 Å². The molecule has 0 saturated heterocycles. The molecule has 0 rings (SSSR count). The second-order valence-corrected chi connectivity index (χ2v) is 4.84. The molecule has 0 aromatic heterocycles. The van der Waals surface area contributed by atoms with E-state index >= 15 is 0 Å². The van der Waals surface area contributed by atoms with Crippen LogP contribution in [0.3, 0.4) is 0 Å². The van der Waals surface area contributed by atoms with Crippen molar-refractivity contribution < 1.29 is 0 Å². The molecular formula is C11H21B. The van der Waals surface area contributed by atoms with Crippen molar-refractivity contribution in [3.63, 3.8) is 0 Å². The van der Waals surface area contributed by atoms with Gasteiger partial charge in [0.1, 0.15) is 0 Å². The highest BCUT2D eigenvalue weighted by atomic mass is 14.3. The van der Waals surface area contributed by atoms with E-state index < -0.39 is 0 Å². The Morgan fingerprint density at radius 2 is 1.67 bits per heavy atom. The van der Waals surface area contributed by atoms with Crippen LogP contribution < -0.4 is 0 Å². The minimum absolute atomic E-state index is 0.106. The van der Waals surface area contributed by atoms with Crippen molar-refractivity contribution in [2.75, 3.05) is 0 Å². The molecular weight excluding hydrogens is 143 g/mol. The van der Waals surface area contributed by atoms with Crippen LogP contribution in [0.25, 0.3) is 0 Å². The second-order valence-electron chi connectivity index (χ2n) is 4.84. The van der Waals surface area contributed by atoms with Gasteiger partial charge in [-0.05, 0) is 25.7 Å². The summed E-state index contributed by atoms with van der Waals surface area (Å²) in [5, 5.41) is -0.106. The van der Waals surface area contributed by atoms with Gasteiger partial charge in [-0.2, -0.15) is 0 Å². The number of allylic oxidation sites excluding steroid dienone is 2. The van der Waals surface area contributed by atoms with Crippen LogP contribution in [0.1, 0.15) is 41.5 Å². The molecule has 0 aliphatic rings. The maximum atomic E-state index is 6.08. The molecule has 0 N–H and O–H groups in total. The van der Waals surface area contributed by atoms with E-state index in [9.17, 15) is 0 Å². The van der Waals surface area contributed by atoms with Crippen molar-refractivity contribution in [1.82, 2.24) is 0 Å². The molecule has 0 aromatic rings. The molecule has 0 aliphatic heterocycles. The summed E-state index contributed by atoms with van der Waals surface area (Å²) in [5.41, 5.74) is 1.35. The first-order valence-corrected chi connectivity index (χ1v) is 4.69. The van der Waals surface area contributed by atoms with E-state index in [0.717, 1.165) is 0 Å². The first-order chi connectivity index (χ1) is 5.25. The van der Waals surface area contributed by atoms with Crippen LogP contribution in [0.4, 0.5) is 0 Å². The maximum Gasteiger partial charge on any atom is 0.0746 e. The Morgan fingerprint density at radius 3 is 1.75 bits per heavy atom. The summed E-state index contributed by atoms with van der Waals surface area (Å²) in [4.78, 5) is 0. The highest BCUT2D eigenvalue weighted by Crippen LogP contribution is 2.37. The molecule has 0 amide bonds. The Balaban J connectivity index is 4.58. The average molecular weight is 164 g/mol. The van der Waals surface area contributed by atoms with Gasteiger partial charge in [0.25, 0.3) is 0 Å². The largest absolute Gasteiger partial charge is 0.0827 e. The summed E-state index contributed by atoms with van der Waals surface area (Å²) < 4.78 is 0. The normalized spacial score (nSPS) is 14.6. The van der Waals surface area contributed by atoms with E-state index in [-0.39, 0.29) is 5.31 Å². The van der Waals surface area contributed by atoms with Crippen molar-refractivity contribution in [3.8, 4) is 0 Å². The van der Waals surface area contributed by atoms with Crippen LogP contribution >= 0.6 is 0 Å². The topological polar surface area (TPSA) is 0 Å². The fourth-order valence-electron chi connectivity index (χ4n) is 1.63. The highest BCUT2D eigenvalue weighted by Gasteiger charge is 2.24. The van der Waals surface area contributed by atoms with Gasteiger partial charge in [-0.25, -0.2) is 0 Å². The third-order valence-corrected chi connectivity index (χ3v) is 2.09. The fourth-order valence-corrected chi connectivity index (χ4v) is 1.63. The smallest absolute Gasteiger partial charge is 0.0746 e. The molecule has 0 aliphatic carbocycles. The molecule has 0 saturated carbocycles. The van der Waals surface area contributed by atoms with Crippen molar-refractivity contribution >= 4 is 7.85 Å². The number of rotatable bonds is 3. The molecule has 0 heterocycles. The minimum atomic E-state index is -0.106. The van der Waals surface area contributed by atoms with Crippen molar-refractivity contribution in [3.05, 3.63) is 11.6 Å². The number of hydrogen-bond acceptors (Lipinski definition) is 0. The Kier molecular flexibility index (Phi) is 4.09. The zero-order chi connectivity index (χ0) is 9.94. The summed E-state index contributed by atoms with van der Waals surface area (Å²) in [5.74, 6) is 1.09. The second kappa shape index (κ2) is 4.16. The molecule has 68 valence electrons. The predicted molar refractivity (Wildman–Crippen MR) is 57.6 cm³/mol. The van der Waals surface area contributed by atoms with Crippen LogP contribution in [0.2, 0.25) is 5.31 Å². The van der Waals surface area contributed by atoms with E-state index in [2.05, 4.69) is 47.6 Å². The van der Waals surface area contributed by atoms with Gasteiger partial charge in [-0.15, -0.1) is 0 Å². The quantitative estimate of drug-likeness (QED) is 0.441. The zero-order valence-electron chi connectivity index (χ0n) is 9.31. The molecule has 2 radical (unpaired) electrons. The van der Waals surface area contributed by atoms with E-state index in [1.165, 1.54) is 5.57 Å². The standard InChI is InChI=1S/C11H21B/c1-8(2)7-10(9(3)4)11(5,6)12/h7,9-10H,1-6H3. The summed E-state index contributed by atoms with van der Waals surface area (Å²) >= 11 is 0. The van der Waals surface area contributed by atoms with Crippen molar-refractivity contribution in [2.24, 2.45) is 11.8 Å². The van der Waals surface area contributed by atoms with Gasteiger partial charge in [0.15, 0.2) is 0 Å². The van der Waals surface area contributed by atoms with Crippen LogP contribution in [0, 0.1) is 11.8 Å². The Hall–Kier alpha value is -0.195. The molecule has 12 heavy (non-hydrogen) atoms. The van der Waals surface area contributed by atoms with E-state index in [1.807, 2.05) is 0 Å². The molecule has 1 unspecified atom stereocenters. The molecule has 1 atom stereocenters. The van der Waals surface area contributed by atoms with Crippen molar-refractivity contribution in [2.45, 2.75) is 46.9 Å². The molecule has 1 heteroatoms.